The Morgan fingerprint density at radius 3 is 2.10 bits per heavy atom. The number of aryl methyl sites for hydroxylation is 1. The first kappa shape index (κ1) is 30.8. The standard InChI is InChI=1S/C26H25.C12H7Si.2ClH.Zr/c1-18-10-8-9-13-22(18)25-23-17-21(19-11-6-5-7-12-19)16-20(23)14-15-24(25)26(2,3)4;1-3-7-11-9(5-1)10-6-2-4-8-12(10)13-11;;;/h5-17H,1-4H3;1-7H;2*1H;/q2*-1;;;+4/p-2. The molecule has 0 fully saturated rings. The van der Waals surface area contributed by atoms with E-state index >= 15 is 0 Å². The summed E-state index contributed by atoms with van der Waals surface area (Å²) in [7, 11) is 10.7. The van der Waals surface area contributed by atoms with Crippen LogP contribution in [0, 0.1) is 13.0 Å². The zero-order chi connectivity index (χ0) is 29.7. The van der Waals surface area contributed by atoms with E-state index in [1.165, 1.54) is 65.7 Å². The average molecular weight is 679 g/mol. The summed E-state index contributed by atoms with van der Waals surface area (Å²) in [6.45, 7) is 9.12. The largest absolute Gasteiger partial charge is 0.184 e. The van der Waals surface area contributed by atoms with Crippen LogP contribution in [0.5, 0.6) is 0 Å². The Morgan fingerprint density at radius 1 is 0.738 bits per heavy atom. The first-order valence-electron chi connectivity index (χ1n) is 14.0. The van der Waals surface area contributed by atoms with Crippen molar-refractivity contribution in [2.75, 3.05) is 0 Å². The fourth-order valence-electron chi connectivity index (χ4n) is 5.57. The Bertz CT molecular complexity index is 1750. The van der Waals surface area contributed by atoms with Crippen LogP contribution in [0.3, 0.4) is 0 Å². The van der Waals surface area contributed by atoms with E-state index in [9.17, 15) is 0 Å². The van der Waals surface area contributed by atoms with Crippen molar-refractivity contribution < 1.29 is 20.8 Å². The number of benzene rings is 5. The molecule has 6 aromatic rings. The molecular weight excluding hydrogens is 647 g/mol. The van der Waals surface area contributed by atoms with Crippen LogP contribution in [-0.2, 0) is 26.3 Å². The fourth-order valence-corrected chi connectivity index (χ4v) is 6.88. The predicted molar refractivity (Wildman–Crippen MR) is 181 cm³/mol. The summed E-state index contributed by atoms with van der Waals surface area (Å²) in [6, 6.07) is 46.8. The molecular formula is C38H32Cl2SiZr. The molecule has 1 aliphatic rings. The van der Waals surface area contributed by atoms with Gasteiger partial charge in [-0.15, -0.1) is 40.1 Å². The third-order valence-corrected chi connectivity index (χ3v) is 8.92. The van der Waals surface area contributed by atoms with Crippen LogP contribution in [-0.4, -0.2) is 9.52 Å². The minimum absolute atomic E-state index is 0.0932. The SMILES string of the molecule is Cc1ccccc1-c1c(C(C)(C)C)ccc2[cH-]c(-c3ccccc3)cc12.[Cl][Zr+2][Cl].[c-]1cccc2c1[Si]c1ccccc1-2. The molecule has 0 unspecified atom stereocenters. The number of rotatable bonds is 2. The van der Waals surface area contributed by atoms with Gasteiger partial charge in [0.05, 0.1) is 9.52 Å². The van der Waals surface area contributed by atoms with Crippen LogP contribution in [0.4, 0.5) is 0 Å². The van der Waals surface area contributed by atoms with Gasteiger partial charge in [-0.05, 0) is 34.6 Å². The maximum atomic E-state index is 4.93. The van der Waals surface area contributed by atoms with Gasteiger partial charge >= 0.3 is 37.9 Å². The van der Waals surface area contributed by atoms with Crippen LogP contribution in [0.15, 0.2) is 121 Å². The van der Waals surface area contributed by atoms with Crippen LogP contribution < -0.4 is 10.4 Å². The smallest absolute Gasteiger partial charge is 0.0920 e. The van der Waals surface area contributed by atoms with Crippen LogP contribution in [0.25, 0.3) is 44.2 Å². The minimum Gasteiger partial charge on any atom is -0.184 e. The second-order valence-electron chi connectivity index (χ2n) is 11.4. The van der Waals surface area contributed by atoms with Crippen molar-refractivity contribution in [1.82, 2.24) is 0 Å². The molecule has 0 amide bonds. The fraction of sp³-hybridized carbons (Fsp3) is 0.132. The minimum atomic E-state index is -0.826. The number of hydrogen-bond acceptors (Lipinski definition) is 0. The molecule has 42 heavy (non-hydrogen) atoms. The molecule has 0 spiro atoms. The molecule has 1 aliphatic heterocycles. The van der Waals surface area contributed by atoms with Crippen LogP contribution >= 0.6 is 17.0 Å². The molecule has 0 saturated heterocycles. The van der Waals surface area contributed by atoms with Gasteiger partial charge < -0.3 is 0 Å². The zero-order valence-electron chi connectivity index (χ0n) is 24.3. The molecule has 0 N–H and O–H groups in total. The van der Waals surface area contributed by atoms with E-state index in [-0.39, 0.29) is 5.41 Å². The van der Waals surface area contributed by atoms with Crippen molar-refractivity contribution in [3.63, 3.8) is 0 Å². The summed E-state index contributed by atoms with van der Waals surface area (Å²) in [5, 5.41) is 5.49. The number of hydrogen-bond donors (Lipinski definition) is 0. The molecule has 6 aromatic carbocycles. The number of fused-ring (bicyclic) bond motifs is 4. The van der Waals surface area contributed by atoms with E-state index in [4.69, 9.17) is 17.0 Å². The van der Waals surface area contributed by atoms with Crippen LogP contribution in [0.1, 0.15) is 31.9 Å². The summed E-state index contributed by atoms with van der Waals surface area (Å²) in [4.78, 5) is 0. The Morgan fingerprint density at radius 2 is 1.38 bits per heavy atom. The Labute approximate surface area is 271 Å². The van der Waals surface area contributed by atoms with E-state index in [1.807, 2.05) is 6.07 Å². The maximum Gasteiger partial charge on any atom is 0.0920 e. The van der Waals surface area contributed by atoms with Crippen molar-refractivity contribution in [2.45, 2.75) is 33.1 Å². The Balaban J connectivity index is 0.000000183. The molecule has 0 aromatic heterocycles. The molecule has 0 aliphatic carbocycles. The first-order chi connectivity index (χ1) is 20.3. The maximum absolute atomic E-state index is 4.93. The van der Waals surface area contributed by atoms with E-state index < -0.39 is 20.8 Å². The van der Waals surface area contributed by atoms with Gasteiger partial charge in [-0.2, -0.15) is 29.5 Å². The van der Waals surface area contributed by atoms with Gasteiger partial charge in [0.15, 0.2) is 0 Å². The summed E-state index contributed by atoms with van der Waals surface area (Å²) in [6.07, 6.45) is 0. The van der Waals surface area contributed by atoms with Crippen LogP contribution in [0.2, 0.25) is 0 Å². The van der Waals surface area contributed by atoms with Gasteiger partial charge in [0.2, 0.25) is 0 Å². The summed E-state index contributed by atoms with van der Waals surface area (Å²) in [5.41, 5.74) is 10.9. The summed E-state index contributed by atoms with van der Waals surface area (Å²) in [5.74, 6) is 0. The average Bonchev–Trinajstić information content (AvgIpc) is 3.60. The molecule has 2 radical (unpaired) electrons. The first-order valence-corrected chi connectivity index (χ1v) is 21.3. The number of halogens is 2. The molecule has 0 saturated carbocycles. The summed E-state index contributed by atoms with van der Waals surface area (Å²) >= 11 is -0.826. The van der Waals surface area contributed by atoms with E-state index in [1.54, 1.807) is 0 Å². The van der Waals surface area contributed by atoms with Gasteiger partial charge in [-0.25, -0.2) is 0 Å². The second-order valence-corrected chi connectivity index (χ2v) is 16.4. The van der Waals surface area contributed by atoms with Gasteiger partial charge in [-0.1, -0.05) is 122 Å². The van der Waals surface area contributed by atoms with Crippen molar-refractivity contribution >= 4 is 47.7 Å². The molecule has 4 heteroatoms. The van der Waals surface area contributed by atoms with Crippen molar-refractivity contribution in [3.05, 3.63) is 139 Å². The molecule has 7 rings (SSSR count). The topological polar surface area (TPSA) is 0 Å². The quantitative estimate of drug-likeness (QED) is 0.126. The molecule has 0 nitrogen and oxygen atoms in total. The molecule has 206 valence electrons. The normalized spacial score (nSPS) is 11.4. The Kier molecular flexibility index (Phi) is 10.1. The van der Waals surface area contributed by atoms with Gasteiger partial charge in [-0.3, -0.25) is 0 Å². The van der Waals surface area contributed by atoms with Gasteiger partial charge in [0.25, 0.3) is 0 Å². The van der Waals surface area contributed by atoms with Crippen molar-refractivity contribution in [1.29, 1.82) is 0 Å². The third kappa shape index (κ3) is 6.79. The summed E-state index contributed by atoms with van der Waals surface area (Å²) < 4.78 is 0. The van der Waals surface area contributed by atoms with E-state index in [0.29, 0.717) is 0 Å². The van der Waals surface area contributed by atoms with Gasteiger partial charge in [0.1, 0.15) is 0 Å². The van der Waals surface area contributed by atoms with Crippen molar-refractivity contribution in [3.8, 4) is 33.4 Å². The molecule has 1 heterocycles. The predicted octanol–water partition coefficient (Wildman–Crippen LogP) is 10.00. The third-order valence-electron chi connectivity index (χ3n) is 7.55. The van der Waals surface area contributed by atoms with Crippen molar-refractivity contribution in [2.24, 2.45) is 0 Å². The molecule has 0 bridgehead atoms. The zero-order valence-corrected chi connectivity index (χ0v) is 29.3. The molecule has 0 atom stereocenters. The second kappa shape index (κ2) is 13.8. The van der Waals surface area contributed by atoms with E-state index in [0.717, 1.165) is 9.52 Å². The van der Waals surface area contributed by atoms with Gasteiger partial charge in [0, 0.05) is 0 Å². The Hall–Kier alpha value is -2.61. The monoisotopic (exact) mass is 676 g/mol. The van der Waals surface area contributed by atoms with E-state index in [2.05, 4.69) is 149 Å².